The lowest BCUT2D eigenvalue weighted by molar-refractivity contribution is 1.20. The minimum absolute atomic E-state index is 0.335. The van der Waals surface area contributed by atoms with Crippen molar-refractivity contribution in [1.29, 1.82) is 0 Å². The van der Waals surface area contributed by atoms with Crippen molar-refractivity contribution < 1.29 is 0 Å². The molecule has 0 N–H and O–H groups in total. The van der Waals surface area contributed by atoms with Gasteiger partial charge < -0.3 is 0 Å². The van der Waals surface area contributed by atoms with E-state index < -0.39 is 0 Å². The van der Waals surface area contributed by atoms with E-state index in [1.807, 2.05) is 6.92 Å². The quantitative estimate of drug-likeness (QED) is 0.519. The minimum atomic E-state index is 0.335. The second-order valence-corrected chi connectivity index (χ2v) is 3.56. The molecule has 0 aromatic carbocycles. The molecule has 0 heterocycles. The third-order valence-corrected chi connectivity index (χ3v) is 1.64. The van der Waals surface area contributed by atoms with Gasteiger partial charge in [-0.25, -0.2) is 0 Å². The summed E-state index contributed by atoms with van der Waals surface area (Å²) in [6, 6.07) is 0. The Kier molecular flexibility index (Phi) is 6.60. The van der Waals surface area contributed by atoms with Gasteiger partial charge in [-0.1, -0.05) is 56.9 Å². The summed E-state index contributed by atoms with van der Waals surface area (Å²) < 4.78 is 0.335. The fraction of sp³-hybridized carbons (Fsp3) is 0.429. The third kappa shape index (κ3) is 6.66. The molecule has 0 saturated carbocycles. The second kappa shape index (κ2) is 6.26. The van der Waals surface area contributed by atoms with E-state index in [9.17, 15) is 0 Å². The fourth-order valence-corrected chi connectivity index (χ4v) is 1.16. The Morgan fingerprint density at radius 3 is 2.40 bits per heavy atom. The molecular formula is C7H9BrCl2. The van der Waals surface area contributed by atoms with Gasteiger partial charge in [-0.05, 0) is 13.3 Å². The molecule has 0 aliphatic carbocycles. The smallest absolute Gasteiger partial charge is 0.0883 e. The van der Waals surface area contributed by atoms with Crippen LogP contribution in [-0.4, -0.2) is 5.33 Å². The van der Waals surface area contributed by atoms with Gasteiger partial charge in [0.15, 0.2) is 0 Å². The number of hydrogen-bond donors (Lipinski definition) is 0. The first kappa shape index (κ1) is 10.5. The molecular weight excluding hydrogens is 235 g/mol. The van der Waals surface area contributed by atoms with Crippen molar-refractivity contribution in [1.82, 2.24) is 0 Å². The van der Waals surface area contributed by atoms with Crippen molar-refractivity contribution in [3.63, 3.8) is 0 Å². The van der Waals surface area contributed by atoms with Crippen molar-refractivity contribution in [3.8, 4) is 0 Å². The molecule has 0 aromatic rings. The van der Waals surface area contributed by atoms with Crippen LogP contribution in [0.5, 0.6) is 0 Å². The van der Waals surface area contributed by atoms with Crippen LogP contribution in [0.15, 0.2) is 22.2 Å². The number of halogens is 3. The van der Waals surface area contributed by atoms with E-state index in [0.29, 0.717) is 4.49 Å². The summed E-state index contributed by atoms with van der Waals surface area (Å²) in [7, 11) is 0. The molecule has 0 aliphatic heterocycles. The summed E-state index contributed by atoms with van der Waals surface area (Å²) in [5.41, 5.74) is 1.26. The predicted molar refractivity (Wildman–Crippen MR) is 52.0 cm³/mol. The highest BCUT2D eigenvalue weighted by Gasteiger charge is 1.86. The molecule has 0 atom stereocenters. The first-order chi connectivity index (χ1) is 4.66. The van der Waals surface area contributed by atoms with E-state index in [0.717, 1.165) is 11.8 Å². The first-order valence-corrected chi connectivity index (χ1v) is 4.77. The van der Waals surface area contributed by atoms with Gasteiger partial charge >= 0.3 is 0 Å². The van der Waals surface area contributed by atoms with E-state index in [1.54, 1.807) is 6.08 Å². The molecule has 0 unspecified atom stereocenters. The van der Waals surface area contributed by atoms with Crippen LogP contribution in [-0.2, 0) is 0 Å². The highest BCUT2D eigenvalue weighted by Crippen LogP contribution is 2.11. The minimum Gasteiger partial charge on any atom is -0.0883 e. The molecule has 0 saturated heterocycles. The lowest BCUT2D eigenvalue weighted by atomic mass is 10.2. The maximum atomic E-state index is 5.41. The van der Waals surface area contributed by atoms with E-state index in [2.05, 4.69) is 22.0 Å². The molecule has 0 amide bonds. The SMILES string of the molecule is C/C(=C\CBr)CC=C(Cl)Cl. The van der Waals surface area contributed by atoms with Crippen LogP contribution in [0.1, 0.15) is 13.3 Å². The highest BCUT2D eigenvalue weighted by molar-refractivity contribution is 9.09. The third-order valence-electron chi connectivity index (χ3n) is 1.00. The van der Waals surface area contributed by atoms with Crippen LogP contribution >= 0.6 is 39.1 Å². The summed E-state index contributed by atoms with van der Waals surface area (Å²) in [5, 5.41) is 0.882. The number of allylic oxidation sites excluding steroid dienone is 3. The molecule has 3 heteroatoms. The Morgan fingerprint density at radius 2 is 2.00 bits per heavy atom. The maximum absolute atomic E-state index is 5.41. The summed E-state index contributed by atoms with van der Waals surface area (Å²) in [6.07, 6.45) is 4.68. The van der Waals surface area contributed by atoms with E-state index in [4.69, 9.17) is 23.2 Å². The Morgan fingerprint density at radius 1 is 1.40 bits per heavy atom. The lowest BCUT2D eigenvalue weighted by Crippen LogP contribution is -1.73. The van der Waals surface area contributed by atoms with Crippen molar-refractivity contribution >= 4 is 39.1 Å². The van der Waals surface area contributed by atoms with Crippen molar-refractivity contribution in [3.05, 3.63) is 22.2 Å². The highest BCUT2D eigenvalue weighted by atomic mass is 79.9. The van der Waals surface area contributed by atoms with E-state index in [1.165, 1.54) is 5.57 Å². The monoisotopic (exact) mass is 242 g/mol. The fourth-order valence-electron chi connectivity index (χ4n) is 0.453. The molecule has 0 bridgehead atoms. The summed E-state index contributed by atoms with van der Waals surface area (Å²) in [6.45, 7) is 2.04. The molecule has 0 rings (SSSR count). The van der Waals surface area contributed by atoms with Crippen LogP contribution in [0.3, 0.4) is 0 Å². The zero-order valence-corrected chi connectivity index (χ0v) is 8.80. The standard InChI is InChI=1S/C7H9BrCl2/c1-6(4-5-8)2-3-7(9)10/h3-4H,2,5H2,1H3/b6-4+. The molecule has 0 fully saturated rings. The average Bonchev–Trinajstić information content (AvgIpc) is 1.85. The van der Waals surface area contributed by atoms with Crippen molar-refractivity contribution in [2.24, 2.45) is 0 Å². The van der Waals surface area contributed by atoms with Gasteiger partial charge in [-0.3, -0.25) is 0 Å². The van der Waals surface area contributed by atoms with Gasteiger partial charge in [0.25, 0.3) is 0 Å². The Balaban J connectivity index is 3.69. The number of hydrogen-bond acceptors (Lipinski definition) is 0. The van der Waals surface area contributed by atoms with Crippen LogP contribution < -0.4 is 0 Å². The maximum Gasteiger partial charge on any atom is 0.103 e. The van der Waals surface area contributed by atoms with Gasteiger partial charge in [-0.2, -0.15) is 0 Å². The summed E-state index contributed by atoms with van der Waals surface area (Å²) in [5.74, 6) is 0. The summed E-state index contributed by atoms with van der Waals surface area (Å²) >= 11 is 14.1. The predicted octanol–water partition coefficient (Wildman–Crippen LogP) is 4.04. The largest absolute Gasteiger partial charge is 0.103 e. The molecule has 0 aromatic heterocycles. The molecule has 0 spiro atoms. The lowest BCUT2D eigenvalue weighted by Gasteiger charge is -1.92. The Hall–Kier alpha value is 0.540. The van der Waals surface area contributed by atoms with Crippen LogP contribution in [0, 0.1) is 0 Å². The van der Waals surface area contributed by atoms with E-state index >= 15 is 0 Å². The molecule has 0 nitrogen and oxygen atoms in total. The molecule has 10 heavy (non-hydrogen) atoms. The average molecular weight is 244 g/mol. The topological polar surface area (TPSA) is 0 Å². The summed E-state index contributed by atoms with van der Waals surface area (Å²) in [4.78, 5) is 0. The zero-order valence-electron chi connectivity index (χ0n) is 5.70. The van der Waals surface area contributed by atoms with Gasteiger partial charge in [0.2, 0.25) is 0 Å². The van der Waals surface area contributed by atoms with Crippen LogP contribution in [0.25, 0.3) is 0 Å². The first-order valence-electron chi connectivity index (χ1n) is 2.89. The number of rotatable bonds is 3. The van der Waals surface area contributed by atoms with Gasteiger partial charge in [-0.15, -0.1) is 0 Å². The molecule has 0 aliphatic rings. The van der Waals surface area contributed by atoms with Crippen molar-refractivity contribution in [2.45, 2.75) is 13.3 Å². The second-order valence-electron chi connectivity index (χ2n) is 1.90. The van der Waals surface area contributed by atoms with Gasteiger partial charge in [0, 0.05) is 5.33 Å². The molecule has 0 radical (unpaired) electrons. The van der Waals surface area contributed by atoms with Crippen LogP contribution in [0.2, 0.25) is 0 Å². The zero-order chi connectivity index (χ0) is 7.98. The van der Waals surface area contributed by atoms with Crippen molar-refractivity contribution in [2.75, 3.05) is 5.33 Å². The Labute approximate surface area is 80.0 Å². The van der Waals surface area contributed by atoms with Crippen LogP contribution in [0.4, 0.5) is 0 Å². The normalized spacial score (nSPS) is 11.4. The molecule has 58 valence electrons. The van der Waals surface area contributed by atoms with Gasteiger partial charge in [0.1, 0.15) is 4.49 Å². The van der Waals surface area contributed by atoms with E-state index in [-0.39, 0.29) is 0 Å². The van der Waals surface area contributed by atoms with Gasteiger partial charge in [0.05, 0.1) is 0 Å². The Bertz CT molecular complexity index is 146. The number of alkyl halides is 1.